The number of halogens is 3. The van der Waals surface area contributed by atoms with Crippen LogP contribution in [0.2, 0.25) is 0 Å². The van der Waals surface area contributed by atoms with Crippen LogP contribution in [0.3, 0.4) is 0 Å². The van der Waals surface area contributed by atoms with Crippen LogP contribution in [0.15, 0.2) is 36.4 Å². The number of alkyl halides is 3. The van der Waals surface area contributed by atoms with Crippen LogP contribution in [0.1, 0.15) is 29.5 Å². The van der Waals surface area contributed by atoms with E-state index in [9.17, 15) is 23.1 Å². The van der Waals surface area contributed by atoms with E-state index in [0.717, 1.165) is 12.1 Å². The molecule has 0 heterocycles. The standard InChI is InChI=1S/C20H20F3NO4/c1-27-15-8-12(9-16(28-2)17(15)25)11-24-18(26)19(6-7-19)13-4-3-5-14(10-13)20(21,22)23/h3-5,8-10,25H,6-7,11H2,1-2H3,(H,24,26). The Kier molecular flexibility index (Phi) is 5.14. The lowest BCUT2D eigenvalue weighted by Gasteiger charge is -2.18. The minimum absolute atomic E-state index is 0.118. The van der Waals surface area contributed by atoms with Crippen LogP contribution >= 0.6 is 0 Å². The molecule has 0 bridgehead atoms. The van der Waals surface area contributed by atoms with Gasteiger partial charge in [0.15, 0.2) is 11.5 Å². The monoisotopic (exact) mass is 395 g/mol. The molecule has 0 aliphatic heterocycles. The number of phenols is 1. The molecule has 1 fully saturated rings. The molecule has 0 atom stereocenters. The maximum absolute atomic E-state index is 13.0. The molecule has 1 aliphatic carbocycles. The second-order valence-electron chi connectivity index (χ2n) is 6.69. The highest BCUT2D eigenvalue weighted by molar-refractivity contribution is 5.91. The molecule has 28 heavy (non-hydrogen) atoms. The third kappa shape index (κ3) is 3.72. The van der Waals surface area contributed by atoms with Crippen molar-refractivity contribution in [2.75, 3.05) is 14.2 Å². The van der Waals surface area contributed by atoms with Gasteiger partial charge in [0.2, 0.25) is 11.7 Å². The molecule has 2 N–H and O–H groups in total. The molecule has 2 aromatic carbocycles. The van der Waals surface area contributed by atoms with Gasteiger partial charge in [-0.05, 0) is 42.2 Å². The number of benzene rings is 2. The van der Waals surface area contributed by atoms with Gasteiger partial charge in [0.1, 0.15) is 0 Å². The van der Waals surface area contributed by atoms with Gasteiger partial charge in [0, 0.05) is 6.54 Å². The molecule has 0 spiro atoms. The number of amides is 1. The largest absolute Gasteiger partial charge is 0.502 e. The first-order valence-corrected chi connectivity index (χ1v) is 8.61. The maximum Gasteiger partial charge on any atom is 0.416 e. The Hall–Kier alpha value is -2.90. The van der Waals surface area contributed by atoms with Crippen LogP contribution in [0.4, 0.5) is 13.2 Å². The maximum atomic E-state index is 13.0. The Labute approximate surface area is 160 Å². The first-order valence-electron chi connectivity index (χ1n) is 8.61. The van der Waals surface area contributed by atoms with Crippen molar-refractivity contribution in [3.8, 4) is 17.2 Å². The fourth-order valence-corrected chi connectivity index (χ4v) is 3.17. The van der Waals surface area contributed by atoms with Crippen LogP contribution in [-0.4, -0.2) is 25.2 Å². The predicted octanol–water partition coefficient (Wildman–Crippen LogP) is 3.78. The third-order valence-electron chi connectivity index (χ3n) is 4.92. The van der Waals surface area contributed by atoms with E-state index in [1.54, 1.807) is 18.2 Å². The van der Waals surface area contributed by atoms with Crippen molar-refractivity contribution in [3.63, 3.8) is 0 Å². The first kappa shape index (κ1) is 19.9. The number of phenolic OH excluding ortho intramolecular Hbond substituents is 1. The summed E-state index contributed by atoms with van der Waals surface area (Å²) < 4.78 is 49.1. The molecule has 0 aromatic heterocycles. The molecule has 0 radical (unpaired) electrons. The minimum atomic E-state index is -4.46. The zero-order valence-corrected chi connectivity index (χ0v) is 15.4. The molecular formula is C20H20F3NO4. The van der Waals surface area contributed by atoms with Crippen LogP contribution < -0.4 is 14.8 Å². The van der Waals surface area contributed by atoms with E-state index in [1.165, 1.54) is 20.3 Å². The van der Waals surface area contributed by atoms with Gasteiger partial charge in [-0.1, -0.05) is 18.2 Å². The fraction of sp³-hybridized carbons (Fsp3) is 0.350. The average Bonchev–Trinajstić information content (AvgIpc) is 3.48. The van der Waals surface area contributed by atoms with E-state index >= 15 is 0 Å². The highest BCUT2D eigenvalue weighted by Crippen LogP contribution is 2.49. The van der Waals surface area contributed by atoms with Crippen molar-refractivity contribution in [2.24, 2.45) is 0 Å². The molecule has 1 aliphatic rings. The zero-order chi connectivity index (χ0) is 20.5. The average molecular weight is 395 g/mol. The van der Waals surface area contributed by atoms with E-state index in [4.69, 9.17) is 9.47 Å². The van der Waals surface area contributed by atoms with Gasteiger partial charge in [-0.15, -0.1) is 0 Å². The molecule has 0 unspecified atom stereocenters. The zero-order valence-electron chi connectivity index (χ0n) is 15.4. The number of carbonyl (C=O) groups is 1. The van der Waals surface area contributed by atoms with Gasteiger partial charge in [-0.2, -0.15) is 13.2 Å². The van der Waals surface area contributed by atoms with Crippen LogP contribution in [-0.2, 0) is 22.9 Å². The molecule has 5 nitrogen and oxygen atoms in total. The lowest BCUT2D eigenvalue weighted by atomic mass is 9.93. The predicted molar refractivity (Wildman–Crippen MR) is 95.4 cm³/mol. The highest BCUT2D eigenvalue weighted by Gasteiger charge is 2.51. The Morgan fingerprint density at radius 2 is 1.75 bits per heavy atom. The molecule has 1 amide bonds. The summed E-state index contributed by atoms with van der Waals surface area (Å²) in [7, 11) is 2.79. The van der Waals surface area contributed by atoms with Crippen LogP contribution in [0, 0.1) is 0 Å². The summed E-state index contributed by atoms with van der Waals surface area (Å²) in [5.74, 6) is -0.0919. The summed E-state index contributed by atoms with van der Waals surface area (Å²) in [6.07, 6.45) is -3.48. The van der Waals surface area contributed by atoms with Crippen molar-refractivity contribution in [2.45, 2.75) is 31.0 Å². The van der Waals surface area contributed by atoms with Gasteiger partial charge in [-0.25, -0.2) is 0 Å². The molecule has 2 aromatic rings. The Morgan fingerprint density at radius 3 is 2.25 bits per heavy atom. The van der Waals surface area contributed by atoms with Crippen LogP contribution in [0.5, 0.6) is 17.2 Å². The van der Waals surface area contributed by atoms with Crippen molar-refractivity contribution >= 4 is 5.91 Å². The topological polar surface area (TPSA) is 67.8 Å². The van der Waals surface area contributed by atoms with Crippen molar-refractivity contribution in [1.29, 1.82) is 0 Å². The molecule has 0 saturated heterocycles. The van der Waals surface area contributed by atoms with Gasteiger partial charge in [0.05, 0.1) is 25.2 Å². The van der Waals surface area contributed by atoms with E-state index < -0.39 is 17.2 Å². The van der Waals surface area contributed by atoms with E-state index in [-0.39, 0.29) is 29.7 Å². The number of rotatable bonds is 6. The number of methoxy groups -OCH3 is 2. The fourth-order valence-electron chi connectivity index (χ4n) is 3.17. The number of carbonyl (C=O) groups excluding carboxylic acids is 1. The van der Waals surface area contributed by atoms with E-state index in [0.29, 0.717) is 24.0 Å². The summed E-state index contributed by atoms with van der Waals surface area (Å²) >= 11 is 0. The quantitative estimate of drug-likeness (QED) is 0.781. The number of ether oxygens (including phenoxy) is 2. The second-order valence-corrected chi connectivity index (χ2v) is 6.69. The molecule has 8 heteroatoms. The van der Waals surface area contributed by atoms with Crippen molar-refractivity contribution in [1.82, 2.24) is 5.32 Å². The summed E-state index contributed by atoms with van der Waals surface area (Å²) in [5, 5.41) is 12.7. The lowest BCUT2D eigenvalue weighted by molar-refractivity contribution is -0.137. The number of hydrogen-bond acceptors (Lipinski definition) is 4. The number of aromatic hydroxyl groups is 1. The second kappa shape index (κ2) is 7.26. The van der Waals surface area contributed by atoms with Crippen molar-refractivity contribution in [3.05, 3.63) is 53.1 Å². The van der Waals surface area contributed by atoms with Crippen LogP contribution in [0.25, 0.3) is 0 Å². The van der Waals surface area contributed by atoms with Gasteiger partial charge < -0.3 is 19.9 Å². The minimum Gasteiger partial charge on any atom is -0.502 e. The van der Waals surface area contributed by atoms with Crippen molar-refractivity contribution < 1.29 is 32.5 Å². The van der Waals surface area contributed by atoms with Gasteiger partial charge in [0.25, 0.3) is 0 Å². The summed E-state index contributed by atoms with van der Waals surface area (Å²) in [6, 6.07) is 8.02. The highest BCUT2D eigenvalue weighted by atomic mass is 19.4. The Bertz CT molecular complexity index is 866. The summed E-state index contributed by atoms with van der Waals surface area (Å²) in [4.78, 5) is 12.7. The number of nitrogens with one attached hydrogen (secondary N) is 1. The molecule has 1 saturated carbocycles. The lowest BCUT2D eigenvalue weighted by Crippen LogP contribution is -2.34. The third-order valence-corrected chi connectivity index (χ3v) is 4.92. The van der Waals surface area contributed by atoms with E-state index in [1.807, 2.05) is 0 Å². The SMILES string of the molecule is COc1cc(CNC(=O)C2(c3cccc(C(F)(F)F)c3)CC2)cc(OC)c1O. The summed E-state index contributed by atoms with van der Waals surface area (Å²) in [5.41, 5.74) is -0.718. The van der Waals surface area contributed by atoms with Gasteiger partial charge in [-0.3, -0.25) is 4.79 Å². The number of hydrogen-bond donors (Lipinski definition) is 2. The molecular weight excluding hydrogens is 375 g/mol. The normalized spacial score (nSPS) is 15.0. The van der Waals surface area contributed by atoms with Gasteiger partial charge >= 0.3 is 6.18 Å². The van der Waals surface area contributed by atoms with E-state index in [2.05, 4.69) is 5.32 Å². The molecule has 3 rings (SSSR count). The first-order chi connectivity index (χ1) is 13.2. The summed E-state index contributed by atoms with van der Waals surface area (Å²) in [6.45, 7) is 0.118. The Morgan fingerprint density at radius 1 is 1.14 bits per heavy atom. The molecule has 150 valence electrons. The smallest absolute Gasteiger partial charge is 0.416 e. The Balaban J connectivity index is 1.77.